The average Bonchev–Trinajstić information content (AvgIpc) is 3.76. The van der Waals surface area contributed by atoms with Gasteiger partial charge in [-0.2, -0.15) is 0 Å². The van der Waals surface area contributed by atoms with Crippen molar-refractivity contribution in [2.24, 2.45) is 0 Å². The Bertz CT molecular complexity index is 3180. The minimum absolute atomic E-state index is 1.15. The minimum atomic E-state index is 1.15. The third-order valence-corrected chi connectivity index (χ3v) is 11.1. The molecule has 9 aromatic carbocycles. The van der Waals surface area contributed by atoms with Gasteiger partial charge in [-0.3, -0.25) is 0 Å². The van der Waals surface area contributed by atoms with Crippen LogP contribution in [0.25, 0.3) is 99.1 Å². The van der Waals surface area contributed by atoms with Gasteiger partial charge >= 0.3 is 0 Å². The lowest BCUT2D eigenvalue weighted by atomic mass is 9.98. The number of benzene rings is 9. The second-order valence-electron chi connectivity index (χ2n) is 14.2. The summed E-state index contributed by atoms with van der Waals surface area (Å²) in [7, 11) is 0. The Morgan fingerprint density at radius 1 is 0.241 bits per heavy atom. The van der Waals surface area contributed by atoms with Crippen molar-refractivity contribution >= 4 is 54.4 Å². The molecule has 2 aromatic heterocycles. The fourth-order valence-corrected chi connectivity index (χ4v) is 8.57. The molecule has 54 heavy (non-hydrogen) atoms. The molecular weight excluding hydrogens is 653 g/mol. The summed E-state index contributed by atoms with van der Waals surface area (Å²) in [6.45, 7) is 0. The lowest BCUT2D eigenvalue weighted by Gasteiger charge is -2.11. The second-order valence-corrected chi connectivity index (χ2v) is 14.2. The molecule has 0 radical (unpaired) electrons. The van der Waals surface area contributed by atoms with Crippen LogP contribution in [0.4, 0.5) is 0 Å². The summed E-state index contributed by atoms with van der Waals surface area (Å²) in [6, 6.07) is 75.2. The fourth-order valence-electron chi connectivity index (χ4n) is 8.57. The molecular formula is C52H34N2. The molecule has 0 spiro atoms. The molecule has 0 fully saturated rings. The van der Waals surface area contributed by atoms with E-state index in [1.165, 1.54) is 87.8 Å². The molecule has 0 saturated heterocycles. The second kappa shape index (κ2) is 12.2. The zero-order chi connectivity index (χ0) is 35.6. The van der Waals surface area contributed by atoms with Gasteiger partial charge in [-0.1, -0.05) is 140 Å². The first-order valence-electron chi connectivity index (χ1n) is 18.6. The normalized spacial score (nSPS) is 11.7. The number of nitrogens with zero attached hydrogens (tertiary/aromatic N) is 2. The SMILES string of the molecule is c1ccc(-c2ccc3c(c2)c2cc(-c4ccc5c(c4)c4ccccc4n5-c4ccc(-c5cccc6ccccc56)cc4)ccc2n3-c2ccccc2)cc1. The Balaban J connectivity index is 1.06. The first kappa shape index (κ1) is 30.5. The highest BCUT2D eigenvalue weighted by molar-refractivity contribution is 6.13. The molecule has 0 amide bonds. The zero-order valence-electron chi connectivity index (χ0n) is 29.5. The first-order valence-corrected chi connectivity index (χ1v) is 18.6. The van der Waals surface area contributed by atoms with E-state index in [0.717, 1.165) is 11.4 Å². The van der Waals surface area contributed by atoms with E-state index in [-0.39, 0.29) is 0 Å². The number of hydrogen-bond acceptors (Lipinski definition) is 0. The van der Waals surface area contributed by atoms with Crippen LogP contribution in [-0.2, 0) is 0 Å². The van der Waals surface area contributed by atoms with E-state index in [1.54, 1.807) is 0 Å². The number of aromatic nitrogens is 2. The Morgan fingerprint density at radius 3 is 1.33 bits per heavy atom. The Labute approximate surface area is 313 Å². The Hall–Kier alpha value is -7.16. The van der Waals surface area contributed by atoms with Gasteiger partial charge in [-0.05, 0) is 111 Å². The Kier molecular flexibility index (Phi) is 6.90. The molecule has 2 heterocycles. The molecule has 11 aromatic rings. The van der Waals surface area contributed by atoms with Crippen molar-refractivity contribution in [1.82, 2.24) is 9.13 Å². The van der Waals surface area contributed by atoms with Crippen LogP contribution in [0.2, 0.25) is 0 Å². The zero-order valence-corrected chi connectivity index (χ0v) is 29.5. The minimum Gasteiger partial charge on any atom is -0.309 e. The lowest BCUT2D eigenvalue weighted by Crippen LogP contribution is -1.94. The van der Waals surface area contributed by atoms with Gasteiger partial charge in [0.25, 0.3) is 0 Å². The van der Waals surface area contributed by atoms with Crippen LogP contribution in [0.15, 0.2) is 206 Å². The third kappa shape index (κ3) is 4.81. The standard InChI is InChI=1S/C52H34N2/c1-3-12-35(13-4-1)38-24-29-51-47(32-38)48-34-40(26-31-52(48)53(51)41-16-5-2-6-17-41)39-25-30-50-46(33-39)45-19-9-10-21-49(45)54(50)42-27-22-37(23-28-42)44-20-11-15-36-14-7-8-18-43(36)44/h1-34H. The molecule has 11 rings (SSSR count). The average molecular weight is 687 g/mol. The quantitative estimate of drug-likeness (QED) is 0.171. The molecule has 0 aliphatic rings. The van der Waals surface area contributed by atoms with Crippen LogP contribution < -0.4 is 0 Å². The summed E-state index contributed by atoms with van der Waals surface area (Å²) in [6.07, 6.45) is 0. The monoisotopic (exact) mass is 686 g/mol. The summed E-state index contributed by atoms with van der Waals surface area (Å²) >= 11 is 0. The molecule has 0 atom stereocenters. The summed E-state index contributed by atoms with van der Waals surface area (Å²) in [5.41, 5.74) is 14.5. The van der Waals surface area contributed by atoms with Gasteiger partial charge in [0.1, 0.15) is 0 Å². The van der Waals surface area contributed by atoms with E-state index in [9.17, 15) is 0 Å². The molecule has 0 unspecified atom stereocenters. The van der Waals surface area contributed by atoms with Crippen molar-refractivity contribution in [3.63, 3.8) is 0 Å². The van der Waals surface area contributed by atoms with E-state index < -0.39 is 0 Å². The molecule has 0 aliphatic heterocycles. The maximum atomic E-state index is 2.41. The summed E-state index contributed by atoms with van der Waals surface area (Å²) in [5.74, 6) is 0. The summed E-state index contributed by atoms with van der Waals surface area (Å²) in [4.78, 5) is 0. The summed E-state index contributed by atoms with van der Waals surface area (Å²) in [5, 5.41) is 7.53. The van der Waals surface area contributed by atoms with E-state index >= 15 is 0 Å². The Morgan fingerprint density at radius 2 is 0.685 bits per heavy atom. The smallest absolute Gasteiger partial charge is 0.0541 e. The van der Waals surface area contributed by atoms with Crippen molar-refractivity contribution < 1.29 is 0 Å². The van der Waals surface area contributed by atoms with Crippen LogP contribution >= 0.6 is 0 Å². The lowest BCUT2D eigenvalue weighted by molar-refractivity contribution is 1.18. The van der Waals surface area contributed by atoms with Crippen molar-refractivity contribution in [1.29, 1.82) is 0 Å². The van der Waals surface area contributed by atoms with Gasteiger partial charge in [0, 0.05) is 32.9 Å². The maximum absolute atomic E-state index is 2.41. The third-order valence-electron chi connectivity index (χ3n) is 11.1. The van der Waals surface area contributed by atoms with Crippen LogP contribution in [0, 0.1) is 0 Å². The topological polar surface area (TPSA) is 9.86 Å². The first-order chi connectivity index (χ1) is 26.8. The van der Waals surface area contributed by atoms with Crippen molar-refractivity contribution in [3.05, 3.63) is 206 Å². The molecule has 0 N–H and O–H groups in total. The van der Waals surface area contributed by atoms with Crippen molar-refractivity contribution in [3.8, 4) is 44.8 Å². The fraction of sp³-hybridized carbons (Fsp3) is 0. The number of rotatable bonds is 5. The van der Waals surface area contributed by atoms with E-state index in [2.05, 4.69) is 215 Å². The molecule has 252 valence electrons. The van der Waals surface area contributed by atoms with Gasteiger partial charge in [0.15, 0.2) is 0 Å². The molecule has 2 heteroatoms. The highest BCUT2D eigenvalue weighted by Crippen LogP contribution is 2.40. The maximum Gasteiger partial charge on any atom is 0.0541 e. The van der Waals surface area contributed by atoms with Gasteiger partial charge in [-0.25, -0.2) is 0 Å². The molecule has 0 bridgehead atoms. The molecule has 2 nitrogen and oxygen atoms in total. The molecule has 0 saturated carbocycles. The van der Waals surface area contributed by atoms with Crippen molar-refractivity contribution in [2.75, 3.05) is 0 Å². The number of hydrogen-bond donors (Lipinski definition) is 0. The number of para-hydroxylation sites is 2. The van der Waals surface area contributed by atoms with Gasteiger partial charge in [-0.15, -0.1) is 0 Å². The van der Waals surface area contributed by atoms with Gasteiger partial charge in [0.2, 0.25) is 0 Å². The largest absolute Gasteiger partial charge is 0.309 e. The summed E-state index contributed by atoms with van der Waals surface area (Å²) < 4.78 is 4.80. The predicted molar refractivity (Wildman–Crippen MR) is 229 cm³/mol. The predicted octanol–water partition coefficient (Wildman–Crippen LogP) is 14.0. The number of fused-ring (bicyclic) bond motifs is 7. The van der Waals surface area contributed by atoms with E-state index in [1.807, 2.05) is 0 Å². The van der Waals surface area contributed by atoms with Crippen LogP contribution in [-0.4, -0.2) is 9.13 Å². The van der Waals surface area contributed by atoms with Crippen LogP contribution in [0.1, 0.15) is 0 Å². The van der Waals surface area contributed by atoms with Crippen LogP contribution in [0.3, 0.4) is 0 Å². The highest BCUT2D eigenvalue weighted by atomic mass is 15.0. The van der Waals surface area contributed by atoms with Gasteiger partial charge < -0.3 is 9.13 Å². The van der Waals surface area contributed by atoms with Crippen molar-refractivity contribution in [2.45, 2.75) is 0 Å². The highest BCUT2D eigenvalue weighted by Gasteiger charge is 2.17. The van der Waals surface area contributed by atoms with Crippen LogP contribution in [0.5, 0.6) is 0 Å². The molecule has 0 aliphatic carbocycles. The van der Waals surface area contributed by atoms with Gasteiger partial charge in [0.05, 0.1) is 22.1 Å². The van der Waals surface area contributed by atoms with E-state index in [4.69, 9.17) is 0 Å². The van der Waals surface area contributed by atoms with E-state index in [0.29, 0.717) is 0 Å².